The largest absolute Gasteiger partial charge is 0.480 e. The Morgan fingerprint density at radius 1 is 1.26 bits per heavy atom. The molecule has 1 saturated carbocycles. The second-order valence-corrected chi connectivity index (χ2v) is 6.66. The Hall–Kier alpha value is -0.620. The molecule has 0 aromatic heterocycles. The van der Waals surface area contributed by atoms with Crippen LogP contribution in [0.4, 0.5) is 0 Å². The number of aliphatic carboxylic acids is 1. The Morgan fingerprint density at radius 2 is 1.84 bits per heavy atom. The number of hydrogen-bond acceptors (Lipinski definition) is 2. The highest BCUT2D eigenvalue weighted by molar-refractivity contribution is 14.1. The summed E-state index contributed by atoms with van der Waals surface area (Å²) in [6.45, 7) is 1.77. The van der Waals surface area contributed by atoms with Crippen LogP contribution in [0.3, 0.4) is 0 Å². The van der Waals surface area contributed by atoms with Gasteiger partial charge in [-0.05, 0) is 60.1 Å². The molecule has 1 atom stereocenters. The van der Waals surface area contributed by atoms with E-state index < -0.39 is 11.5 Å². The van der Waals surface area contributed by atoms with Crippen molar-refractivity contribution in [2.45, 2.75) is 50.6 Å². The van der Waals surface area contributed by atoms with Crippen molar-refractivity contribution in [1.82, 2.24) is 5.32 Å². The molecule has 19 heavy (non-hydrogen) atoms. The van der Waals surface area contributed by atoms with E-state index in [2.05, 4.69) is 27.9 Å². The van der Waals surface area contributed by atoms with Gasteiger partial charge in [-0.25, -0.2) is 4.79 Å². The molecule has 1 aromatic rings. The predicted molar refractivity (Wildman–Crippen MR) is 84.2 cm³/mol. The lowest BCUT2D eigenvalue weighted by Crippen LogP contribution is -2.51. The van der Waals surface area contributed by atoms with Crippen molar-refractivity contribution in [3.8, 4) is 0 Å². The van der Waals surface area contributed by atoms with Crippen LogP contribution < -0.4 is 5.32 Å². The average Bonchev–Trinajstić information content (AvgIpc) is 2.40. The van der Waals surface area contributed by atoms with Crippen LogP contribution in [0.25, 0.3) is 0 Å². The maximum Gasteiger partial charge on any atom is 0.328 e. The van der Waals surface area contributed by atoms with Gasteiger partial charge in [0.15, 0.2) is 0 Å². The summed E-state index contributed by atoms with van der Waals surface area (Å²) in [5.41, 5.74) is -0.169. The second kappa shape index (κ2) is 6.22. The van der Waals surface area contributed by atoms with Crippen LogP contribution in [0.1, 0.15) is 44.6 Å². The maximum atomic E-state index is 11.7. The minimum absolute atomic E-state index is 0.314. The number of hydrogen-bond donors (Lipinski definition) is 2. The summed E-state index contributed by atoms with van der Waals surface area (Å²) in [4.78, 5) is 11.7. The van der Waals surface area contributed by atoms with E-state index in [1.54, 1.807) is 6.92 Å². The fraction of sp³-hybridized carbons (Fsp3) is 0.533. The SMILES string of the molecule is CC(NC1CCCCC1)(C(=O)O)c1ccc(I)cc1. The van der Waals surface area contributed by atoms with Gasteiger partial charge in [0.25, 0.3) is 0 Å². The van der Waals surface area contributed by atoms with Gasteiger partial charge in [0.1, 0.15) is 5.54 Å². The van der Waals surface area contributed by atoms with Crippen molar-refractivity contribution in [2.75, 3.05) is 0 Å². The summed E-state index contributed by atoms with van der Waals surface area (Å²) in [6, 6.07) is 8.05. The monoisotopic (exact) mass is 373 g/mol. The third kappa shape index (κ3) is 3.48. The van der Waals surface area contributed by atoms with E-state index in [-0.39, 0.29) is 0 Å². The molecule has 2 rings (SSSR count). The maximum absolute atomic E-state index is 11.7. The third-order valence-corrected chi connectivity index (χ3v) is 4.67. The number of carbonyl (C=O) groups is 1. The number of carboxylic acid groups (broad SMARTS) is 1. The summed E-state index contributed by atoms with van der Waals surface area (Å²) in [5, 5.41) is 13.0. The van der Waals surface area contributed by atoms with Gasteiger partial charge in [-0.2, -0.15) is 0 Å². The van der Waals surface area contributed by atoms with Crippen molar-refractivity contribution < 1.29 is 9.90 Å². The highest BCUT2D eigenvalue weighted by Crippen LogP contribution is 2.26. The van der Waals surface area contributed by atoms with Crippen molar-refractivity contribution >= 4 is 28.6 Å². The minimum atomic E-state index is -0.994. The van der Waals surface area contributed by atoms with Crippen LogP contribution in [0.5, 0.6) is 0 Å². The molecular formula is C15H20INO2. The van der Waals surface area contributed by atoms with Gasteiger partial charge >= 0.3 is 5.97 Å². The molecule has 3 nitrogen and oxygen atoms in total. The highest BCUT2D eigenvalue weighted by Gasteiger charge is 2.37. The summed E-state index contributed by atoms with van der Waals surface area (Å²) in [7, 11) is 0. The summed E-state index contributed by atoms with van der Waals surface area (Å²) < 4.78 is 1.12. The van der Waals surface area contributed by atoms with Crippen LogP contribution in [0.2, 0.25) is 0 Å². The molecule has 1 aromatic carbocycles. The summed E-state index contributed by atoms with van der Waals surface area (Å²) in [5.74, 6) is -0.806. The van der Waals surface area contributed by atoms with Crippen molar-refractivity contribution in [3.63, 3.8) is 0 Å². The van der Waals surface area contributed by atoms with Crippen LogP contribution >= 0.6 is 22.6 Å². The molecule has 1 aliphatic rings. The van der Waals surface area contributed by atoms with E-state index in [1.165, 1.54) is 19.3 Å². The van der Waals surface area contributed by atoms with E-state index in [9.17, 15) is 9.90 Å². The number of nitrogens with one attached hydrogen (secondary N) is 1. The standard InChI is InChI=1S/C15H20INO2/c1-15(14(18)19,11-7-9-12(16)10-8-11)17-13-5-3-2-4-6-13/h7-10,13,17H,2-6H2,1H3,(H,18,19). The molecule has 1 aliphatic carbocycles. The Bertz CT molecular complexity index is 440. The Labute approximate surface area is 127 Å². The fourth-order valence-corrected chi connectivity index (χ4v) is 3.07. The van der Waals surface area contributed by atoms with Gasteiger partial charge in [0.2, 0.25) is 0 Å². The average molecular weight is 373 g/mol. The minimum Gasteiger partial charge on any atom is -0.480 e. The van der Waals surface area contributed by atoms with Crippen LogP contribution in [-0.4, -0.2) is 17.1 Å². The summed E-state index contributed by atoms with van der Waals surface area (Å²) in [6.07, 6.45) is 5.81. The highest BCUT2D eigenvalue weighted by atomic mass is 127. The zero-order chi connectivity index (χ0) is 13.9. The lowest BCUT2D eigenvalue weighted by atomic mass is 9.87. The molecule has 0 amide bonds. The smallest absolute Gasteiger partial charge is 0.328 e. The number of halogens is 1. The molecule has 0 saturated heterocycles. The number of rotatable bonds is 4. The van der Waals surface area contributed by atoms with Gasteiger partial charge in [-0.3, -0.25) is 5.32 Å². The third-order valence-electron chi connectivity index (χ3n) is 3.95. The number of benzene rings is 1. The van der Waals surface area contributed by atoms with Crippen LogP contribution in [0, 0.1) is 3.57 Å². The lowest BCUT2D eigenvalue weighted by molar-refractivity contribution is -0.145. The Balaban J connectivity index is 2.21. The van der Waals surface area contributed by atoms with Crippen molar-refractivity contribution in [2.24, 2.45) is 0 Å². The molecule has 0 aliphatic heterocycles. The van der Waals surface area contributed by atoms with Gasteiger partial charge in [-0.15, -0.1) is 0 Å². The van der Waals surface area contributed by atoms with E-state index >= 15 is 0 Å². The zero-order valence-electron chi connectivity index (χ0n) is 11.2. The molecule has 0 spiro atoms. The van der Waals surface area contributed by atoms with Crippen LogP contribution in [0.15, 0.2) is 24.3 Å². The lowest BCUT2D eigenvalue weighted by Gasteiger charge is -2.34. The zero-order valence-corrected chi connectivity index (χ0v) is 13.3. The molecular weight excluding hydrogens is 353 g/mol. The molecule has 1 fully saturated rings. The van der Waals surface area contributed by atoms with Gasteiger partial charge in [0.05, 0.1) is 0 Å². The van der Waals surface area contributed by atoms with Crippen LogP contribution in [-0.2, 0) is 10.3 Å². The summed E-state index contributed by atoms with van der Waals surface area (Å²) >= 11 is 2.23. The topological polar surface area (TPSA) is 49.3 Å². The van der Waals surface area contributed by atoms with E-state index in [1.807, 2.05) is 24.3 Å². The van der Waals surface area contributed by atoms with Gasteiger partial charge in [0, 0.05) is 9.61 Å². The Kier molecular flexibility index (Phi) is 4.84. The molecule has 104 valence electrons. The molecule has 0 heterocycles. The van der Waals surface area contributed by atoms with Gasteiger partial charge < -0.3 is 5.11 Å². The first-order valence-electron chi connectivity index (χ1n) is 6.79. The normalized spacial score (nSPS) is 19.9. The first-order chi connectivity index (χ1) is 9.02. The first kappa shape index (κ1) is 14.8. The molecule has 2 N–H and O–H groups in total. The predicted octanol–water partition coefficient (Wildman–Crippen LogP) is 3.51. The molecule has 1 unspecified atom stereocenters. The van der Waals surface area contributed by atoms with E-state index in [4.69, 9.17) is 0 Å². The van der Waals surface area contributed by atoms with Crippen molar-refractivity contribution in [3.05, 3.63) is 33.4 Å². The fourth-order valence-electron chi connectivity index (χ4n) is 2.71. The van der Waals surface area contributed by atoms with E-state index in [0.717, 1.165) is 22.0 Å². The Morgan fingerprint density at radius 3 is 2.37 bits per heavy atom. The second-order valence-electron chi connectivity index (χ2n) is 5.42. The molecule has 4 heteroatoms. The molecule has 0 radical (unpaired) electrons. The molecule has 0 bridgehead atoms. The van der Waals surface area contributed by atoms with Gasteiger partial charge in [-0.1, -0.05) is 31.4 Å². The number of carboxylic acids is 1. The first-order valence-corrected chi connectivity index (χ1v) is 7.87. The van der Waals surface area contributed by atoms with E-state index in [0.29, 0.717) is 6.04 Å². The quantitative estimate of drug-likeness (QED) is 0.795. The van der Waals surface area contributed by atoms with Crippen molar-refractivity contribution in [1.29, 1.82) is 0 Å².